The van der Waals surface area contributed by atoms with Gasteiger partial charge in [0.25, 0.3) is 0 Å². The predicted molar refractivity (Wildman–Crippen MR) is 97.1 cm³/mol. The van der Waals surface area contributed by atoms with Crippen molar-refractivity contribution in [2.45, 2.75) is 39.5 Å². The van der Waals surface area contributed by atoms with Crippen LogP contribution in [0.1, 0.15) is 37.0 Å². The molecule has 0 unspecified atom stereocenters. The van der Waals surface area contributed by atoms with Gasteiger partial charge in [0, 0.05) is 6.42 Å². The molecule has 7 heteroatoms. The average molecular weight is 381 g/mol. The molecule has 146 valence electrons. The van der Waals surface area contributed by atoms with Gasteiger partial charge in [-0.1, -0.05) is 26.0 Å². The van der Waals surface area contributed by atoms with E-state index in [4.69, 9.17) is 9.47 Å². The quantitative estimate of drug-likeness (QED) is 0.717. The third-order valence-corrected chi connectivity index (χ3v) is 4.08. The second-order valence-corrected chi connectivity index (χ2v) is 5.86. The van der Waals surface area contributed by atoms with Crippen molar-refractivity contribution in [2.75, 3.05) is 12.4 Å². The van der Waals surface area contributed by atoms with Crippen LogP contribution in [0, 0.1) is 0 Å². The highest BCUT2D eigenvalue weighted by Crippen LogP contribution is 2.38. The molecule has 2 aromatic rings. The van der Waals surface area contributed by atoms with Crippen LogP contribution in [0.25, 0.3) is 0 Å². The van der Waals surface area contributed by atoms with Gasteiger partial charge in [0.15, 0.2) is 0 Å². The molecule has 2 rings (SSSR count). The molecule has 0 radical (unpaired) electrons. The molecule has 0 saturated heterocycles. The highest BCUT2D eigenvalue weighted by Gasteiger charge is 2.34. The maximum Gasteiger partial charge on any atom is 0.419 e. The summed E-state index contributed by atoms with van der Waals surface area (Å²) in [5, 5.41) is 2.71. The summed E-state index contributed by atoms with van der Waals surface area (Å²) in [5.74, 6) is -0.0613. The minimum absolute atomic E-state index is 0.183. The van der Waals surface area contributed by atoms with Gasteiger partial charge < -0.3 is 14.8 Å². The van der Waals surface area contributed by atoms with E-state index in [1.807, 2.05) is 0 Å². The number of halogens is 3. The Kier molecular flexibility index (Phi) is 6.71. The van der Waals surface area contributed by atoms with E-state index in [-0.39, 0.29) is 24.7 Å². The Bertz CT molecular complexity index is 804. The van der Waals surface area contributed by atoms with Gasteiger partial charge >= 0.3 is 6.18 Å². The minimum atomic E-state index is -4.53. The summed E-state index contributed by atoms with van der Waals surface area (Å²) < 4.78 is 50.9. The van der Waals surface area contributed by atoms with Crippen molar-refractivity contribution in [1.82, 2.24) is 0 Å². The van der Waals surface area contributed by atoms with E-state index in [0.29, 0.717) is 29.0 Å². The number of aryl methyl sites for hydroxylation is 1. The van der Waals surface area contributed by atoms with Crippen molar-refractivity contribution < 1.29 is 27.4 Å². The Labute approximate surface area is 156 Å². The van der Waals surface area contributed by atoms with Crippen molar-refractivity contribution in [3.8, 4) is 11.5 Å². The number of hydrogen-bond donors (Lipinski definition) is 1. The van der Waals surface area contributed by atoms with Gasteiger partial charge in [0.1, 0.15) is 18.1 Å². The van der Waals surface area contributed by atoms with Crippen LogP contribution in [-0.2, 0) is 24.0 Å². The monoisotopic (exact) mass is 381 g/mol. The molecular weight excluding hydrogens is 359 g/mol. The fourth-order valence-electron chi connectivity index (χ4n) is 2.56. The van der Waals surface area contributed by atoms with E-state index in [1.54, 1.807) is 38.1 Å². The topological polar surface area (TPSA) is 47.6 Å². The van der Waals surface area contributed by atoms with Crippen molar-refractivity contribution in [1.29, 1.82) is 0 Å². The lowest BCUT2D eigenvalue weighted by molar-refractivity contribution is -0.139. The summed E-state index contributed by atoms with van der Waals surface area (Å²) >= 11 is 0. The summed E-state index contributed by atoms with van der Waals surface area (Å²) in [6.07, 6.45) is -3.77. The number of carbonyl (C=O) groups is 1. The van der Waals surface area contributed by atoms with Crippen molar-refractivity contribution in [3.05, 3.63) is 53.1 Å². The lowest BCUT2D eigenvalue weighted by atomic mass is 10.1. The van der Waals surface area contributed by atoms with Crippen LogP contribution in [-0.4, -0.2) is 13.0 Å². The third-order valence-electron chi connectivity index (χ3n) is 4.08. The number of carbonyl (C=O) groups excluding carboxylic acids is 1. The van der Waals surface area contributed by atoms with Gasteiger partial charge in [-0.25, -0.2) is 0 Å². The van der Waals surface area contributed by atoms with Crippen molar-refractivity contribution in [2.24, 2.45) is 0 Å². The van der Waals surface area contributed by atoms with E-state index in [0.717, 1.165) is 6.07 Å². The number of methoxy groups -OCH3 is 1. The van der Waals surface area contributed by atoms with Crippen molar-refractivity contribution >= 4 is 11.6 Å². The van der Waals surface area contributed by atoms with E-state index >= 15 is 0 Å². The lowest BCUT2D eigenvalue weighted by Crippen LogP contribution is -2.14. The fraction of sp³-hybridized carbons (Fsp3) is 0.350. The van der Waals surface area contributed by atoms with Gasteiger partial charge in [0.05, 0.1) is 23.9 Å². The molecule has 0 aliphatic heterocycles. The highest BCUT2D eigenvalue weighted by molar-refractivity contribution is 5.91. The smallest absolute Gasteiger partial charge is 0.419 e. The normalized spacial score (nSPS) is 11.2. The zero-order valence-electron chi connectivity index (χ0n) is 15.4. The van der Waals surface area contributed by atoms with Crippen molar-refractivity contribution in [3.63, 3.8) is 0 Å². The number of anilines is 1. The highest BCUT2D eigenvalue weighted by atomic mass is 19.4. The predicted octanol–water partition coefficient (Wildman–Crippen LogP) is 5.20. The number of rotatable bonds is 7. The third kappa shape index (κ3) is 5.15. The number of benzene rings is 2. The first-order chi connectivity index (χ1) is 12.8. The number of amides is 1. The molecule has 0 fully saturated rings. The Morgan fingerprint density at radius 2 is 1.85 bits per heavy atom. The molecule has 1 amide bonds. The van der Waals surface area contributed by atoms with Gasteiger partial charge in [-0.2, -0.15) is 13.2 Å². The zero-order chi connectivity index (χ0) is 20.0. The van der Waals surface area contributed by atoms with Crippen LogP contribution in [0.4, 0.5) is 18.9 Å². The molecule has 4 nitrogen and oxygen atoms in total. The van der Waals surface area contributed by atoms with E-state index < -0.39 is 11.7 Å². The number of alkyl halides is 3. The maximum absolute atomic E-state index is 13.4. The van der Waals surface area contributed by atoms with E-state index in [1.165, 1.54) is 13.2 Å². The zero-order valence-corrected chi connectivity index (χ0v) is 15.4. The fourth-order valence-corrected chi connectivity index (χ4v) is 2.56. The molecule has 0 aliphatic rings. The molecule has 0 atom stereocenters. The Balaban J connectivity index is 2.35. The molecule has 0 bridgehead atoms. The van der Waals surface area contributed by atoms with Crippen LogP contribution in [0.2, 0.25) is 0 Å². The molecule has 27 heavy (non-hydrogen) atoms. The Morgan fingerprint density at radius 3 is 2.44 bits per heavy atom. The number of nitrogens with one attached hydrogen (secondary N) is 1. The van der Waals surface area contributed by atoms with Crippen LogP contribution in [0.3, 0.4) is 0 Å². The van der Waals surface area contributed by atoms with Gasteiger partial charge in [-0.15, -0.1) is 0 Å². The number of hydrogen-bond acceptors (Lipinski definition) is 3. The van der Waals surface area contributed by atoms with Gasteiger partial charge in [-0.3, -0.25) is 4.79 Å². The minimum Gasteiger partial charge on any atom is -0.496 e. The molecule has 0 aromatic heterocycles. The molecular formula is C20H22F3NO3. The molecule has 0 heterocycles. The first-order valence-electron chi connectivity index (χ1n) is 8.58. The van der Waals surface area contributed by atoms with Gasteiger partial charge in [0.2, 0.25) is 5.91 Å². The summed E-state index contributed by atoms with van der Waals surface area (Å²) in [7, 11) is 1.45. The summed E-state index contributed by atoms with van der Waals surface area (Å²) in [4.78, 5) is 11.7. The average Bonchev–Trinajstić information content (AvgIpc) is 2.65. The standard InChI is InChI=1S/C20H22F3NO3/c1-4-13-9-10-18(15(11-13)20(21,22)23)27-12-14-16(24-19(25)5-2)7-6-8-17(14)26-3/h6-11H,4-5,12H2,1-3H3,(H,24,25). The summed E-state index contributed by atoms with van der Waals surface area (Å²) in [6.45, 7) is 3.31. The summed E-state index contributed by atoms with van der Waals surface area (Å²) in [6, 6.07) is 9.01. The second-order valence-electron chi connectivity index (χ2n) is 5.86. The molecule has 0 spiro atoms. The molecule has 2 aromatic carbocycles. The van der Waals surface area contributed by atoms with E-state index in [2.05, 4.69) is 5.32 Å². The largest absolute Gasteiger partial charge is 0.496 e. The molecule has 0 aliphatic carbocycles. The number of ether oxygens (including phenoxy) is 2. The van der Waals surface area contributed by atoms with Gasteiger partial charge in [-0.05, 0) is 36.2 Å². The first-order valence-corrected chi connectivity index (χ1v) is 8.58. The molecule has 1 N–H and O–H groups in total. The summed E-state index contributed by atoms with van der Waals surface area (Å²) in [5.41, 5.74) is 0.660. The lowest BCUT2D eigenvalue weighted by Gasteiger charge is -2.18. The first kappa shape index (κ1) is 20.6. The second kappa shape index (κ2) is 8.79. The maximum atomic E-state index is 13.4. The SMILES string of the molecule is CCC(=O)Nc1cccc(OC)c1COc1ccc(CC)cc1C(F)(F)F. The van der Waals surface area contributed by atoms with Crippen LogP contribution in [0.5, 0.6) is 11.5 Å². The van der Waals surface area contributed by atoms with Crippen LogP contribution >= 0.6 is 0 Å². The Morgan fingerprint density at radius 1 is 1.11 bits per heavy atom. The molecule has 0 saturated carbocycles. The van der Waals surface area contributed by atoms with Crippen LogP contribution < -0.4 is 14.8 Å². The van der Waals surface area contributed by atoms with Crippen LogP contribution in [0.15, 0.2) is 36.4 Å². The van der Waals surface area contributed by atoms with E-state index in [9.17, 15) is 18.0 Å². The Hall–Kier alpha value is -2.70.